The Kier molecular flexibility index (Phi) is 3.33. The molecule has 1 aromatic heterocycles. The minimum Gasteiger partial charge on any atom is -0.379 e. The maximum Gasteiger partial charge on any atom is 0.243 e. The zero-order valence-corrected chi connectivity index (χ0v) is 9.27. The van der Waals surface area contributed by atoms with Crippen LogP contribution in [0.25, 0.3) is 0 Å². The van der Waals surface area contributed by atoms with E-state index in [4.69, 9.17) is 9.26 Å². The molecule has 5 nitrogen and oxygen atoms in total. The van der Waals surface area contributed by atoms with E-state index in [1.807, 2.05) is 6.92 Å². The normalized spacial score (nSPS) is 20.4. The standard InChI is InChI=1S/C10H17N3O2/c1-3-9-11-10(15-12-9)8(2)13-4-6-14-7-5-13/h8H,3-7H2,1-2H3/t8-/m0/s1. The summed E-state index contributed by atoms with van der Waals surface area (Å²) in [7, 11) is 0. The molecule has 0 bridgehead atoms. The van der Waals surface area contributed by atoms with E-state index in [2.05, 4.69) is 22.0 Å². The molecule has 1 aromatic rings. The Hall–Kier alpha value is -0.940. The number of nitrogens with zero attached hydrogens (tertiary/aromatic N) is 3. The smallest absolute Gasteiger partial charge is 0.243 e. The van der Waals surface area contributed by atoms with E-state index in [1.54, 1.807) is 0 Å². The average Bonchev–Trinajstić information content (AvgIpc) is 2.78. The molecule has 1 fully saturated rings. The van der Waals surface area contributed by atoms with Gasteiger partial charge in [0.1, 0.15) is 0 Å². The maximum absolute atomic E-state index is 5.30. The minimum atomic E-state index is 0.196. The molecule has 1 aliphatic heterocycles. The van der Waals surface area contributed by atoms with Gasteiger partial charge in [-0.1, -0.05) is 12.1 Å². The molecule has 0 aromatic carbocycles. The van der Waals surface area contributed by atoms with Gasteiger partial charge in [-0.05, 0) is 6.92 Å². The van der Waals surface area contributed by atoms with Gasteiger partial charge in [-0.25, -0.2) is 0 Å². The predicted octanol–water partition coefficient (Wildman–Crippen LogP) is 1.03. The van der Waals surface area contributed by atoms with Crippen molar-refractivity contribution in [2.75, 3.05) is 26.3 Å². The van der Waals surface area contributed by atoms with Crippen molar-refractivity contribution in [1.82, 2.24) is 15.0 Å². The number of hydrogen-bond donors (Lipinski definition) is 0. The molecule has 0 unspecified atom stereocenters. The van der Waals surface area contributed by atoms with Crippen molar-refractivity contribution in [3.63, 3.8) is 0 Å². The van der Waals surface area contributed by atoms with Gasteiger partial charge in [0.05, 0.1) is 19.3 Å². The van der Waals surface area contributed by atoms with Crippen LogP contribution >= 0.6 is 0 Å². The van der Waals surface area contributed by atoms with Crippen LogP contribution in [0.1, 0.15) is 31.6 Å². The van der Waals surface area contributed by atoms with Crippen molar-refractivity contribution in [2.24, 2.45) is 0 Å². The molecule has 1 atom stereocenters. The van der Waals surface area contributed by atoms with Crippen molar-refractivity contribution in [3.05, 3.63) is 11.7 Å². The highest BCUT2D eigenvalue weighted by Crippen LogP contribution is 2.19. The summed E-state index contributed by atoms with van der Waals surface area (Å²) in [5.74, 6) is 1.50. The van der Waals surface area contributed by atoms with E-state index in [9.17, 15) is 0 Å². The second-order valence-electron chi connectivity index (χ2n) is 3.73. The second-order valence-corrected chi connectivity index (χ2v) is 3.73. The first-order valence-electron chi connectivity index (χ1n) is 5.45. The Labute approximate surface area is 89.4 Å². The summed E-state index contributed by atoms with van der Waals surface area (Å²) in [6, 6.07) is 0.196. The first-order valence-corrected chi connectivity index (χ1v) is 5.45. The van der Waals surface area contributed by atoms with Crippen LogP contribution in [0.2, 0.25) is 0 Å². The summed E-state index contributed by atoms with van der Waals surface area (Å²) < 4.78 is 10.5. The average molecular weight is 211 g/mol. The summed E-state index contributed by atoms with van der Waals surface area (Å²) >= 11 is 0. The quantitative estimate of drug-likeness (QED) is 0.747. The Morgan fingerprint density at radius 1 is 1.40 bits per heavy atom. The fraction of sp³-hybridized carbons (Fsp3) is 0.800. The summed E-state index contributed by atoms with van der Waals surface area (Å²) in [6.07, 6.45) is 0.819. The zero-order valence-electron chi connectivity index (χ0n) is 9.27. The van der Waals surface area contributed by atoms with Gasteiger partial charge in [-0.15, -0.1) is 0 Å². The molecule has 15 heavy (non-hydrogen) atoms. The lowest BCUT2D eigenvalue weighted by Crippen LogP contribution is -2.38. The molecule has 0 aliphatic carbocycles. The number of rotatable bonds is 3. The largest absolute Gasteiger partial charge is 0.379 e. The molecule has 84 valence electrons. The molecular formula is C10H17N3O2. The van der Waals surface area contributed by atoms with E-state index in [-0.39, 0.29) is 6.04 Å². The number of morpholine rings is 1. The molecule has 0 radical (unpaired) electrons. The van der Waals surface area contributed by atoms with E-state index in [1.165, 1.54) is 0 Å². The van der Waals surface area contributed by atoms with Crippen LogP contribution in [-0.2, 0) is 11.2 Å². The number of aryl methyl sites for hydroxylation is 1. The fourth-order valence-electron chi connectivity index (χ4n) is 1.70. The first kappa shape index (κ1) is 10.6. The summed E-state index contributed by atoms with van der Waals surface area (Å²) in [4.78, 5) is 6.65. The van der Waals surface area contributed by atoms with Crippen molar-refractivity contribution in [2.45, 2.75) is 26.3 Å². The summed E-state index contributed by atoms with van der Waals surface area (Å²) in [5.41, 5.74) is 0. The van der Waals surface area contributed by atoms with Gasteiger partial charge in [0, 0.05) is 19.5 Å². The van der Waals surface area contributed by atoms with Crippen molar-refractivity contribution in [3.8, 4) is 0 Å². The zero-order chi connectivity index (χ0) is 10.7. The molecule has 2 rings (SSSR count). The van der Waals surface area contributed by atoms with E-state index in [0.29, 0.717) is 5.89 Å². The Morgan fingerprint density at radius 3 is 2.73 bits per heavy atom. The Bertz CT molecular complexity index is 307. The van der Waals surface area contributed by atoms with Gasteiger partial charge in [-0.2, -0.15) is 4.98 Å². The van der Waals surface area contributed by atoms with Crippen molar-refractivity contribution in [1.29, 1.82) is 0 Å². The van der Waals surface area contributed by atoms with Gasteiger partial charge in [0.15, 0.2) is 5.82 Å². The van der Waals surface area contributed by atoms with Crippen LogP contribution in [0, 0.1) is 0 Å². The highest BCUT2D eigenvalue weighted by Gasteiger charge is 2.22. The molecule has 0 spiro atoms. The number of hydrogen-bond acceptors (Lipinski definition) is 5. The number of aromatic nitrogens is 2. The Morgan fingerprint density at radius 2 is 2.13 bits per heavy atom. The molecular weight excluding hydrogens is 194 g/mol. The SMILES string of the molecule is CCc1noc([C@H](C)N2CCOCC2)n1. The van der Waals surface area contributed by atoms with Gasteiger partial charge < -0.3 is 9.26 Å². The molecule has 2 heterocycles. The van der Waals surface area contributed by atoms with E-state index >= 15 is 0 Å². The Balaban J connectivity index is 2.02. The molecule has 0 amide bonds. The predicted molar refractivity (Wildman–Crippen MR) is 54.5 cm³/mol. The van der Waals surface area contributed by atoms with Gasteiger partial charge in [0.2, 0.25) is 5.89 Å². The van der Waals surface area contributed by atoms with Gasteiger partial charge in [-0.3, -0.25) is 4.90 Å². The van der Waals surface area contributed by atoms with Crippen LogP contribution in [0.15, 0.2) is 4.52 Å². The topological polar surface area (TPSA) is 51.4 Å². The van der Waals surface area contributed by atoms with Crippen molar-refractivity contribution >= 4 is 0 Å². The summed E-state index contributed by atoms with van der Waals surface area (Å²) in [6.45, 7) is 7.57. The second kappa shape index (κ2) is 4.72. The first-order chi connectivity index (χ1) is 7.31. The van der Waals surface area contributed by atoms with E-state index in [0.717, 1.165) is 38.5 Å². The lowest BCUT2D eigenvalue weighted by atomic mass is 10.2. The van der Waals surface area contributed by atoms with Gasteiger partial charge in [0.25, 0.3) is 0 Å². The molecule has 0 N–H and O–H groups in total. The highest BCUT2D eigenvalue weighted by atomic mass is 16.5. The van der Waals surface area contributed by atoms with Crippen LogP contribution in [0.4, 0.5) is 0 Å². The van der Waals surface area contributed by atoms with E-state index < -0.39 is 0 Å². The van der Waals surface area contributed by atoms with Crippen LogP contribution in [0.5, 0.6) is 0 Å². The minimum absolute atomic E-state index is 0.196. The molecule has 1 saturated heterocycles. The van der Waals surface area contributed by atoms with Crippen LogP contribution in [0.3, 0.4) is 0 Å². The maximum atomic E-state index is 5.30. The summed E-state index contributed by atoms with van der Waals surface area (Å²) in [5, 5.41) is 3.91. The monoisotopic (exact) mass is 211 g/mol. The molecule has 0 saturated carbocycles. The number of ether oxygens (including phenoxy) is 1. The fourth-order valence-corrected chi connectivity index (χ4v) is 1.70. The molecule has 5 heteroatoms. The highest BCUT2D eigenvalue weighted by molar-refractivity contribution is 4.92. The van der Waals surface area contributed by atoms with Gasteiger partial charge >= 0.3 is 0 Å². The third kappa shape index (κ3) is 2.35. The molecule has 1 aliphatic rings. The van der Waals surface area contributed by atoms with Crippen LogP contribution < -0.4 is 0 Å². The lowest BCUT2D eigenvalue weighted by Gasteiger charge is -2.29. The third-order valence-corrected chi connectivity index (χ3v) is 2.75. The third-order valence-electron chi connectivity index (χ3n) is 2.75. The lowest BCUT2D eigenvalue weighted by molar-refractivity contribution is 0.0134. The van der Waals surface area contributed by atoms with Crippen LogP contribution in [-0.4, -0.2) is 41.3 Å². The van der Waals surface area contributed by atoms with Crippen molar-refractivity contribution < 1.29 is 9.26 Å².